The highest BCUT2D eigenvalue weighted by Crippen LogP contribution is 2.24. The zero-order chi connectivity index (χ0) is 10.2. The molecule has 80 valence electrons. The van der Waals surface area contributed by atoms with Crippen LogP contribution in [-0.4, -0.2) is 12.6 Å². The Kier molecular flexibility index (Phi) is 5.35. The lowest BCUT2D eigenvalue weighted by Gasteiger charge is -2.07. The fourth-order valence-electron chi connectivity index (χ4n) is 1.77. The van der Waals surface area contributed by atoms with Crippen molar-refractivity contribution in [1.29, 1.82) is 0 Å². The zero-order valence-electron chi connectivity index (χ0n) is 9.00. The fraction of sp³-hybridized carbons (Fsp3) is 0.750. The van der Waals surface area contributed by atoms with Crippen LogP contribution in [0.5, 0.6) is 0 Å². The SMILES string of the molecule is CCCC=CC(=O)OCC1CCCC1. The summed E-state index contributed by atoms with van der Waals surface area (Å²) < 4.78 is 5.15. The maximum absolute atomic E-state index is 11.2. The molecule has 1 fully saturated rings. The van der Waals surface area contributed by atoms with E-state index in [0.29, 0.717) is 12.5 Å². The van der Waals surface area contributed by atoms with Gasteiger partial charge in [0.15, 0.2) is 0 Å². The molecule has 1 aliphatic carbocycles. The van der Waals surface area contributed by atoms with Crippen molar-refractivity contribution in [2.75, 3.05) is 6.61 Å². The molecule has 0 spiro atoms. The molecule has 0 aromatic heterocycles. The molecule has 0 saturated heterocycles. The van der Waals surface area contributed by atoms with Gasteiger partial charge in [-0.25, -0.2) is 4.79 Å². The van der Waals surface area contributed by atoms with Gasteiger partial charge in [-0.1, -0.05) is 32.3 Å². The molecule has 0 aromatic rings. The second kappa shape index (κ2) is 6.63. The van der Waals surface area contributed by atoms with Gasteiger partial charge in [-0.05, 0) is 25.2 Å². The fourth-order valence-corrected chi connectivity index (χ4v) is 1.77. The quantitative estimate of drug-likeness (QED) is 0.499. The lowest BCUT2D eigenvalue weighted by atomic mass is 10.1. The normalized spacial score (nSPS) is 17.8. The Bertz CT molecular complexity index is 190. The van der Waals surface area contributed by atoms with E-state index in [1.54, 1.807) is 6.08 Å². The number of hydrogen-bond donors (Lipinski definition) is 0. The van der Waals surface area contributed by atoms with Crippen LogP contribution < -0.4 is 0 Å². The molecule has 2 heteroatoms. The van der Waals surface area contributed by atoms with Crippen molar-refractivity contribution in [3.8, 4) is 0 Å². The van der Waals surface area contributed by atoms with E-state index < -0.39 is 0 Å². The number of ether oxygens (including phenoxy) is 1. The first-order chi connectivity index (χ1) is 6.83. The smallest absolute Gasteiger partial charge is 0.330 e. The Hall–Kier alpha value is -0.790. The van der Waals surface area contributed by atoms with Gasteiger partial charge in [0.1, 0.15) is 0 Å². The first-order valence-corrected chi connectivity index (χ1v) is 5.66. The lowest BCUT2D eigenvalue weighted by molar-refractivity contribution is -0.139. The second-order valence-corrected chi connectivity index (χ2v) is 3.97. The van der Waals surface area contributed by atoms with Gasteiger partial charge >= 0.3 is 5.97 Å². The van der Waals surface area contributed by atoms with Crippen LogP contribution in [0.3, 0.4) is 0 Å². The van der Waals surface area contributed by atoms with Crippen LogP contribution in [0.2, 0.25) is 0 Å². The van der Waals surface area contributed by atoms with Crippen LogP contribution in [0.25, 0.3) is 0 Å². The molecule has 0 aromatic carbocycles. The summed E-state index contributed by atoms with van der Waals surface area (Å²) in [5.41, 5.74) is 0. The van der Waals surface area contributed by atoms with Crippen molar-refractivity contribution in [1.82, 2.24) is 0 Å². The van der Waals surface area contributed by atoms with Crippen LogP contribution in [-0.2, 0) is 9.53 Å². The minimum absolute atomic E-state index is 0.176. The number of carbonyl (C=O) groups excluding carboxylic acids is 1. The summed E-state index contributed by atoms with van der Waals surface area (Å²) in [5, 5.41) is 0. The molecule has 0 atom stereocenters. The predicted octanol–water partition coefficient (Wildman–Crippen LogP) is 3.08. The summed E-state index contributed by atoms with van der Waals surface area (Å²) in [4.78, 5) is 11.2. The van der Waals surface area contributed by atoms with Gasteiger partial charge in [0.25, 0.3) is 0 Å². The van der Waals surface area contributed by atoms with Gasteiger partial charge in [0, 0.05) is 6.08 Å². The summed E-state index contributed by atoms with van der Waals surface area (Å²) in [6, 6.07) is 0. The van der Waals surface area contributed by atoms with Gasteiger partial charge in [-0.15, -0.1) is 0 Å². The van der Waals surface area contributed by atoms with E-state index >= 15 is 0 Å². The minimum Gasteiger partial charge on any atom is -0.462 e. The molecular formula is C12H20O2. The third-order valence-corrected chi connectivity index (χ3v) is 2.65. The highest BCUT2D eigenvalue weighted by molar-refractivity contribution is 5.81. The maximum Gasteiger partial charge on any atom is 0.330 e. The van der Waals surface area contributed by atoms with Gasteiger partial charge in [0.2, 0.25) is 0 Å². The van der Waals surface area contributed by atoms with Crippen LogP contribution in [0, 0.1) is 5.92 Å². The van der Waals surface area contributed by atoms with E-state index in [0.717, 1.165) is 12.8 Å². The zero-order valence-corrected chi connectivity index (χ0v) is 9.00. The third kappa shape index (κ3) is 4.45. The standard InChI is InChI=1S/C12H20O2/c1-2-3-4-9-12(13)14-10-11-7-5-6-8-11/h4,9,11H,2-3,5-8,10H2,1H3. The van der Waals surface area contributed by atoms with Crippen molar-refractivity contribution in [3.05, 3.63) is 12.2 Å². The molecule has 2 nitrogen and oxygen atoms in total. The van der Waals surface area contributed by atoms with Crippen LogP contribution >= 0.6 is 0 Å². The van der Waals surface area contributed by atoms with Gasteiger partial charge in [0.05, 0.1) is 6.61 Å². The number of allylic oxidation sites excluding steroid dienone is 1. The molecule has 0 heterocycles. The largest absolute Gasteiger partial charge is 0.462 e. The Morgan fingerprint density at radius 1 is 1.43 bits per heavy atom. The van der Waals surface area contributed by atoms with Crippen LogP contribution in [0.1, 0.15) is 45.4 Å². The summed E-state index contributed by atoms with van der Waals surface area (Å²) in [6.07, 6.45) is 10.5. The third-order valence-electron chi connectivity index (χ3n) is 2.65. The van der Waals surface area contributed by atoms with Crippen molar-refractivity contribution >= 4 is 5.97 Å². The van der Waals surface area contributed by atoms with Crippen molar-refractivity contribution in [2.24, 2.45) is 5.92 Å². The van der Waals surface area contributed by atoms with E-state index in [1.807, 2.05) is 6.08 Å². The number of hydrogen-bond acceptors (Lipinski definition) is 2. The molecule has 0 bridgehead atoms. The van der Waals surface area contributed by atoms with E-state index in [1.165, 1.54) is 25.7 Å². The molecule has 0 aliphatic heterocycles. The van der Waals surface area contributed by atoms with E-state index in [2.05, 4.69) is 6.92 Å². The average molecular weight is 196 g/mol. The highest BCUT2D eigenvalue weighted by atomic mass is 16.5. The molecule has 0 radical (unpaired) electrons. The first-order valence-electron chi connectivity index (χ1n) is 5.66. The molecular weight excluding hydrogens is 176 g/mol. The molecule has 0 unspecified atom stereocenters. The van der Waals surface area contributed by atoms with Crippen molar-refractivity contribution in [2.45, 2.75) is 45.4 Å². The van der Waals surface area contributed by atoms with Crippen LogP contribution in [0.4, 0.5) is 0 Å². The Labute approximate surface area is 86.3 Å². The number of esters is 1. The van der Waals surface area contributed by atoms with Crippen LogP contribution in [0.15, 0.2) is 12.2 Å². The Morgan fingerprint density at radius 3 is 2.79 bits per heavy atom. The van der Waals surface area contributed by atoms with Gasteiger partial charge in [-0.3, -0.25) is 0 Å². The maximum atomic E-state index is 11.2. The molecule has 0 N–H and O–H groups in total. The van der Waals surface area contributed by atoms with E-state index in [-0.39, 0.29) is 5.97 Å². The molecule has 1 rings (SSSR count). The average Bonchev–Trinajstić information content (AvgIpc) is 2.68. The number of unbranched alkanes of at least 4 members (excludes halogenated alkanes) is 1. The topological polar surface area (TPSA) is 26.3 Å². The first kappa shape index (κ1) is 11.3. The molecule has 0 amide bonds. The molecule has 14 heavy (non-hydrogen) atoms. The lowest BCUT2D eigenvalue weighted by Crippen LogP contribution is -2.09. The Morgan fingerprint density at radius 2 is 2.14 bits per heavy atom. The Balaban J connectivity index is 2.07. The molecule has 1 saturated carbocycles. The molecule has 1 aliphatic rings. The highest BCUT2D eigenvalue weighted by Gasteiger charge is 2.15. The minimum atomic E-state index is -0.176. The monoisotopic (exact) mass is 196 g/mol. The summed E-state index contributed by atoms with van der Waals surface area (Å²) in [6.45, 7) is 2.71. The number of carbonyl (C=O) groups is 1. The predicted molar refractivity (Wildman–Crippen MR) is 57.0 cm³/mol. The van der Waals surface area contributed by atoms with Gasteiger partial charge in [-0.2, -0.15) is 0 Å². The second-order valence-electron chi connectivity index (χ2n) is 3.97. The van der Waals surface area contributed by atoms with E-state index in [4.69, 9.17) is 4.74 Å². The van der Waals surface area contributed by atoms with Gasteiger partial charge < -0.3 is 4.74 Å². The summed E-state index contributed by atoms with van der Waals surface area (Å²) in [7, 11) is 0. The van der Waals surface area contributed by atoms with Crippen molar-refractivity contribution in [3.63, 3.8) is 0 Å². The van der Waals surface area contributed by atoms with Crippen molar-refractivity contribution < 1.29 is 9.53 Å². The number of rotatable bonds is 5. The summed E-state index contributed by atoms with van der Waals surface area (Å²) in [5.74, 6) is 0.448. The van der Waals surface area contributed by atoms with E-state index in [9.17, 15) is 4.79 Å². The summed E-state index contributed by atoms with van der Waals surface area (Å²) >= 11 is 0.